The van der Waals surface area contributed by atoms with Gasteiger partial charge in [-0.25, -0.2) is 9.89 Å². The number of H-pyrrole nitrogens is 1. The van der Waals surface area contributed by atoms with Gasteiger partial charge in [0.15, 0.2) is 0 Å². The molecule has 0 saturated heterocycles. The number of aromatic amines is 1. The molecule has 2 N–H and O–H groups in total. The van der Waals surface area contributed by atoms with Gasteiger partial charge in [0.25, 0.3) is 5.56 Å². The number of nitrogens with zero attached hydrogens (tertiary/aromatic N) is 1. The molecule has 0 aliphatic carbocycles. The predicted molar refractivity (Wildman–Crippen MR) is 45.9 cm³/mol. The number of rotatable bonds is 2. The molecular weight excluding hydrogens is 172 g/mol. The Bertz CT molecular complexity index is 381. The SMILES string of the molecule is CC(C)c1cn[nH]c(=O)c1C(=O)O. The average molecular weight is 182 g/mol. The fourth-order valence-electron chi connectivity index (χ4n) is 1.07. The average Bonchev–Trinajstić information content (AvgIpc) is 2.02. The molecule has 0 unspecified atom stereocenters. The largest absolute Gasteiger partial charge is 0.477 e. The first kappa shape index (κ1) is 9.44. The summed E-state index contributed by atoms with van der Waals surface area (Å²) >= 11 is 0. The Morgan fingerprint density at radius 1 is 1.62 bits per heavy atom. The molecular formula is C8H10N2O3. The molecule has 1 rings (SSSR count). The number of hydrogen-bond donors (Lipinski definition) is 2. The van der Waals surface area contributed by atoms with Gasteiger partial charge in [0.2, 0.25) is 0 Å². The minimum absolute atomic E-state index is 0.0269. The molecule has 0 aliphatic heterocycles. The fraction of sp³-hybridized carbons (Fsp3) is 0.375. The maximum atomic E-state index is 11.1. The van der Waals surface area contributed by atoms with Gasteiger partial charge in [-0.2, -0.15) is 5.10 Å². The van der Waals surface area contributed by atoms with E-state index in [0.29, 0.717) is 5.56 Å². The van der Waals surface area contributed by atoms with E-state index in [9.17, 15) is 9.59 Å². The van der Waals surface area contributed by atoms with E-state index in [4.69, 9.17) is 5.11 Å². The summed E-state index contributed by atoms with van der Waals surface area (Å²) < 4.78 is 0. The second kappa shape index (κ2) is 3.38. The smallest absolute Gasteiger partial charge is 0.341 e. The van der Waals surface area contributed by atoms with E-state index in [1.54, 1.807) is 0 Å². The maximum Gasteiger partial charge on any atom is 0.341 e. The van der Waals surface area contributed by atoms with Gasteiger partial charge in [-0.3, -0.25) is 4.79 Å². The van der Waals surface area contributed by atoms with Gasteiger partial charge < -0.3 is 5.11 Å². The van der Waals surface area contributed by atoms with Crippen LogP contribution in [0.25, 0.3) is 0 Å². The molecule has 13 heavy (non-hydrogen) atoms. The number of hydrogen-bond acceptors (Lipinski definition) is 3. The molecule has 1 aromatic heterocycles. The van der Waals surface area contributed by atoms with Crippen molar-refractivity contribution >= 4 is 5.97 Å². The van der Waals surface area contributed by atoms with Crippen LogP contribution in [0.2, 0.25) is 0 Å². The highest BCUT2D eigenvalue weighted by Crippen LogP contribution is 2.14. The topological polar surface area (TPSA) is 83.0 Å². The van der Waals surface area contributed by atoms with E-state index in [2.05, 4.69) is 10.2 Å². The lowest BCUT2D eigenvalue weighted by molar-refractivity contribution is 0.0693. The molecule has 0 amide bonds. The van der Waals surface area contributed by atoms with Crippen molar-refractivity contribution in [2.45, 2.75) is 19.8 Å². The molecule has 70 valence electrons. The van der Waals surface area contributed by atoms with Crippen LogP contribution in [0.5, 0.6) is 0 Å². The van der Waals surface area contributed by atoms with E-state index in [0.717, 1.165) is 0 Å². The zero-order chi connectivity index (χ0) is 10.0. The van der Waals surface area contributed by atoms with Crippen molar-refractivity contribution in [3.05, 3.63) is 27.7 Å². The van der Waals surface area contributed by atoms with E-state index in [-0.39, 0.29) is 11.5 Å². The van der Waals surface area contributed by atoms with Crippen LogP contribution in [-0.4, -0.2) is 21.3 Å². The van der Waals surface area contributed by atoms with Crippen LogP contribution in [-0.2, 0) is 0 Å². The van der Waals surface area contributed by atoms with Gasteiger partial charge in [0.05, 0.1) is 6.20 Å². The predicted octanol–water partition coefficient (Wildman–Crippen LogP) is 0.592. The van der Waals surface area contributed by atoms with Crippen molar-refractivity contribution in [3.8, 4) is 0 Å². The van der Waals surface area contributed by atoms with Crippen molar-refractivity contribution in [1.82, 2.24) is 10.2 Å². The first-order valence-corrected chi connectivity index (χ1v) is 3.85. The van der Waals surface area contributed by atoms with Crippen LogP contribution < -0.4 is 5.56 Å². The molecule has 0 fully saturated rings. The van der Waals surface area contributed by atoms with Crippen molar-refractivity contribution < 1.29 is 9.90 Å². The van der Waals surface area contributed by atoms with Crippen molar-refractivity contribution in [2.24, 2.45) is 0 Å². The van der Waals surface area contributed by atoms with Gasteiger partial charge in [0, 0.05) is 0 Å². The molecule has 0 aliphatic rings. The second-order valence-corrected chi connectivity index (χ2v) is 2.99. The third kappa shape index (κ3) is 1.74. The summed E-state index contributed by atoms with van der Waals surface area (Å²) in [4.78, 5) is 21.8. The molecule has 0 spiro atoms. The summed E-state index contributed by atoms with van der Waals surface area (Å²) in [5, 5.41) is 14.4. The highest BCUT2D eigenvalue weighted by molar-refractivity contribution is 5.88. The van der Waals surface area contributed by atoms with Gasteiger partial charge in [-0.05, 0) is 11.5 Å². The van der Waals surface area contributed by atoms with Crippen LogP contribution in [0.1, 0.15) is 35.7 Å². The number of aromatic carboxylic acids is 1. The zero-order valence-corrected chi connectivity index (χ0v) is 7.37. The van der Waals surface area contributed by atoms with Gasteiger partial charge >= 0.3 is 5.97 Å². The number of nitrogens with one attached hydrogen (secondary N) is 1. The lowest BCUT2D eigenvalue weighted by Gasteiger charge is -2.06. The van der Waals surface area contributed by atoms with Gasteiger partial charge in [-0.1, -0.05) is 13.8 Å². The third-order valence-electron chi connectivity index (χ3n) is 1.72. The Morgan fingerprint density at radius 3 is 2.62 bits per heavy atom. The van der Waals surface area contributed by atoms with Crippen LogP contribution in [0.15, 0.2) is 11.0 Å². The second-order valence-electron chi connectivity index (χ2n) is 2.99. The first-order valence-electron chi connectivity index (χ1n) is 3.85. The van der Waals surface area contributed by atoms with Crippen molar-refractivity contribution in [2.75, 3.05) is 0 Å². The lowest BCUT2D eigenvalue weighted by Crippen LogP contribution is -2.21. The van der Waals surface area contributed by atoms with Crippen LogP contribution in [0, 0.1) is 0 Å². The van der Waals surface area contributed by atoms with Crippen LogP contribution in [0.3, 0.4) is 0 Å². The van der Waals surface area contributed by atoms with Gasteiger partial charge in [0.1, 0.15) is 5.56 Å². The van der Waals surface area contributed by atoms with E-state index in [1.807, 2.05) is 13.8 Å². The molecule has 1 heterocycles. The number of aromatic nitrogens is 2. The maximum absolute atomic E-state index is 11.1. The minimum atomic E-state index is -1.22. The van der Waals surface area contributed by atoms with E-state index < -0.39 is 11.5 Å². The molecule has 0 atom stereocenters. The molecule has 5 nitrogen and oxygen atoms in total. The molecule has 1 aromatic rings. The number of carbonyl (C=O) groups is 1. The van der Waals surface area contributed by atoms with E-state index in [1.165, 1.54) is 6.20 Å². The zero-order valence-electron chi connectivity index (χ0n) is 7.37. The van der Waals surface area contributed by atoms with Crippen molar-refractivity contribution in [1.29, 1.82) is 0 Å². The summed E-state index contributed by atoms with van der Waals surface area (Å²) in [5.41, 5.74) is -0.417. The molecule has 0 saturated carbocycles. The molecule has 0 aromatic carbocycles. The highest BCUT2D eigenvalue weighted by atomic mass is 16.4. The van der Waals surface area contributed by atoms with Crippen LogP contribution in [0.4, 0.5) is 0 Å². The molecule has 0 bridgehead atoms. The monoisotopic (exact) mass is 182 g/mol. The standard InChI is InChI=1S/C8H10N2O3/c1-4(2)5-3-9-10-7(11)6(5)8(12)13/h3-4H,1-2H3,(H,10,11)(H,12,13). The number of carboxylic acids is 1. The quantitative estimate of drug-likeness (QED) is 0.701. The molecule has 0 radical (unpaired) electrons. The third-order valence-corrected chi connectivity index (χ3v) is 1.72. The summed E-state index contributed by atoms with van der Waals surface area (Å²) in [6.45, 7) is 3.62. The Balaban J connectivity index is 3.43. The van der Waals surface area contributed by atoms with Crippen LogP contribution >= 0.6 is 0 Å². The summed E-state index contributed by atoms with van der Waals surface area (Å²) in [6.07, 6.45) is 1.37. The Morgan fingerprint density at radius 2 is 2.23 bits per heavy atom. The summed E-state index contributed by atoms with van der Waals surface area (Å²) in [6, 6.07) is 0. The number of carboxylic acid groups (broad SMARTS) is 1. The Labute approximate surface area is 74.4 Å². The van der Waals surface area contributed by atoms with Gasteiger partial charge in [-0.15, -0.1) is 0 Å². The Hall–Kier alpha value is -1.65. The first-order chi connectivity index (χ1) is 6.04. The fourth-order valence-corrected chi connectivity index (χ4v) is 1.07. The summed E-state index contributed by atoms with van der Waals surface area (Å²) in [7, 11) is 0. The van der Waals surface area contributed by atoms with E-state index >= 15 is 0 Å². The minimum Gasteiger partial charge on any atom is -0.477 e. The van der Waals surface area contributed by atoms with Crippen molar-refractivity contribution in [3.63, 3.8) is 0 Å². The highest BCUT2D eigenvalue weighted by Gasteiger charge is 2.16. The lowest BCUT2D eigenvalue weighted by atomic mass is 10.0. The normalized spacial score (nSPS) is 10.4. The molecule has 5 heteroatoms. The summed E-state index contributed by atoms with van der Waals surface area (Å²) in [5.74, 6) is -1.24. The Kier molecular flexibility index (Phi) is 2.46.